The van der Waals surface area contributed by atoms with Crippen molar-refractivity contribution in [2.24, 2.45) is 5.73 Å². The second-order valence-electron chi connectivity index (χ2n) is 5.37. The Balaban J connectivity index is 1.67. The minimum absolute atomic E-state index is 0.251. The van der Waals surface area contributed by atoms with Crippen LogP contribution >= 0.6 is 0 Å². The van der Waals surface area contributed by atoms with Crippen LogP contribution in [0.2, 0.25) is 0 Å². The van der Waals surface area contributed by atoms with Gasteiger partial charge in [-0.3, -0.25) is 0 Å². The number of furan rings is 1. The van der Waals surface area contributed by atoms with Gasteiger partial charge < -0.3 is 14.7 Å². The van der Waals surface area contributed by atoms with Crippen molar-refractivity contribution in [2.45, 2.75) is 31.2 Å². The molecule has 1 aliphatic carbocycles. The van der Waals surface area contributed by atoms with Gasteiger partial charge in [-0.2, -0.15) is 4.98 Å². The molecule has 0 bridgehead atoms. The van der Waals surface area contributed by atoms with Gasteiger partial charge in [0.1, 0.15) is 5.58 Å². The van der Waals surface area contributed by atoms with Gasteiger partial charge in [0.15, 0.2) is 5.76 Å². The van der Waals surface area contributed by atoms with E-state index in [1.165, 1.54) is 0 Å². The van der Waals surface area contributed by atoms with Gasteiger partial charge >= 0.3 is 0 Å². The molecule has 1 aliphatic rings. The molecule has 2 atom stereocenters. The molecule has 2 N–H and O–H groups in total. The highest BCUT2D eigenvalue weighted by Crippen LogP contribution is 2.34. The lowest BCUT2D eigenvalue weighted by atomic mass is 10.1. The molecule has 0 spiro atoms. The number of nitrogens with zero attached hydrogens (tertiary/aromatic N) is 2. The lowest BCUT2D eigenvalue weighted by molar-refractivity contribution is 0.353. The van der Waals surface area contributed by atoms with Crippen LogP contribution < -0.4 is 5.73 Å². The predicted molar refractivity (Wildman–Crippen MR) is 74.1 cm³/mol. The molecule has 0 saturated heterocycles. The van der Waals surface area contributed by atoms with Crippen molar-refractivity contribution >= 4 is 11.0 Å². The van der Waals surface area contributed by atoms with Crippen molar-refractivity contribution in [2.75, 3.05) is 0 Å². The van der Waals surface area contributed by atoms with Crippen molar-refractivity contribution in [3.05, 3.63) is 36.2 Å². The Kier molecular flexibility index (Phi) is 2.60. The maximum atomic E-state index is 5.92. The van der Waals surface area contributed by atoms with Gasteiger partial charge in [-0.05, 0) is 31.4 Å². The minimum Gasteiger partial charge on any atom is -0.453 e. The zero-order chi connectivity index (χ0) is 13.5. The van der Waals surface area contributed by atoms with Gasteiger partial charge in [0.25, 0.3) is 0 Å². The number of para-hydroxylation sites is 1. The van der Waals surface area contributed by atoms with E-state index >= 15 is 0 Å². The molecule has 2 unspecified atom stereocenters. The zero-order valence-electron chi connectivity index (χ0n) is 11.0. The van der Waals surface area contributed by atoms with Gasteiger partial charge in [-0.25, -0.2) is 0 Å². The monoisotopic (exact) mass is 269 g/mol. The Hall–Kier alpha value is -2.14. The summed E-state index contributed by atoms with van der Waals surface area (Å²) in [5, 5.41) is 5.07. The molecular weight excluding hydrogens is 254 g/mol. The molecule has 0 aliphatic heterocycles. The third-order valence-corrected chi connectivity index (χ3v) is 3.91. The molecule has 1 saturated carbocycles. The molecular formula is C15H15N3O2. The molecule has 0 amide bonds. The standard InChI is InChI=1S/C15H15N3O2/c16-11-6-5-10(7-11)15-17-14(18-20-15)13-8-9-3-1-2-4-12(9)19-13/h1-4,8,10-11H,5-7,16H2. The van der Waals surface area contributed by atoms with Gasteiger partial charge in [-0.1, -0.05) is 23.4 Å². The van der Waals surface area contributed by atoms with E-state index < -0.39 is 0 Å². The summed E-state index contributed by atoms with van der Waals surface area (Å²) in [6, 6.07) is 10.0. The van der Waals surface area contributed by atoms with E-state index in [1.54, 1.807) is 0 Å². The highest BCUT2D eigenvalue weighted by atomic mass is 16.5. The van der Waals surface area contributed by atoms with Crippen molar-refractivity contribution in [3.63, 3.8) is 0 Å². The Labute approximate surface area is 115 Å². The first-order valence-corrected chi connectivity index (χ1v) is 6.88. The molecule has 2 heterocycles. The number of benzene rings is 1. The Morgan fingerprint density at radius 3 is 2.90 bits per heavy atom. The second-order valence-corrected chi connectivity index (χ2v) is 5.37. The van der Waals surface area contributed by atoms with Crippen LogP contribution in [0.4, 0.5) is 0 Å². The fourth-order valence-corrected chi connectivity index (χ4v) is 2.83. The Morgan fingerprint density at radius 2 is 2.10 bits per heavy atom. The Morgan fingerprint density at radius 1 is 1.20 bits per heavy atom. The molecule has 102 valence electrons. The first kappa shape index (κ1) is 11.7. The lowest BCUT2D eigenvalue weighted by Gasteiger charge is -2.01. The van der Waals surface area contributed by atoms with Crippen molar-refractivity contribution in [1.29, 1.82) is 0 Å². The first-order valence-electron chi connectivity index (χ1n) is 6.88. The molecule has 5 nitrogen and oxygen atoms in total. The fraction of sp³-hybridized carbons (Fsp3) is 0.333. The molecule has 20 heavy (non-hydrogen) atoms. The topological polar surface area (TPSA) is 78.1 Å². The lowest BCUT2D eigenvalue weighted by Crippen LogP contribution is -2.14. The molecule has 4 rings (SSSR count). The quantitative estimate of drug-likeness (QED) is 0.773. The fourth-order valence-electron chi connectivity index (χ4n) is 2.83. The largest absolute Gasteiger partial charge is 0.453 e. The van der Waals surface area contributed by atoms with Crippen LogP contribution in [0.15, 0.2) is 39.3 Å². The first-order chi connectivity index (χ1) is 9.79. The van der Waals surface area contributed by atoms with E-state index in [0.717, 1.165) is 30.2 Å². The SMILES string of the molecule is NC1CCC(c2nc(-c3cc4ccccc4o3)no2)C1. The second kappa shape index (κ2) is 4.45. The third kappa shape index (κ3) is 1.91. The summed E-state index contributed by atoms with van der Waals surface area (Å²) in [6.45, 7) is 0. The third-order valence-electron chi connectivity index (χ3n) is 3.91. The zero-order valence-corrected chi connectivity index (χ0v) is 11.0. The van der Waals surface area contributed by atoms with Gasteiger partial charge in [0.05, 0.1) is 0 Å². The number of aromatic nitrogens is 2. The highest BCUT2D eigenvalue weighted by Gasteiger charge is 2.28. The molecule has 1 aromatic carbocycles. The number of nitrogens with two attached hydrogens (primary N) is 1. The highest BCUT2D eigenvalue weighted by molar-refractivity contribution is 5.81. The predicted octanol–water partition coefficient (Wildman–Crippen LogP) is 3.08. The summed E-state index contributed by atoms with van der Waals surface area (Å²) in [7, 11) is 0. The molecule has 0 radical (unpaired) electrons. The maximum absolute atomic E-state index is 5.92. The number of fused-ring (bicyclic) bond motifs is 1. The normalized spacial score (nSPS) is 22.6. The van der Waals surface area contributed by atoms with E-state index in [-0.39, 0.29) is 12.0 Å². The average molecular weight is 269 g/mol. The molecule has 1 fully saturated rings. The van der Waals surface area contributed by atoms with Gasteiger partial charge in [0.2, 0.25) is 11.7 Å². The van der Waals surface area contributed by atoms with Crippen molar-refractivity contribution in [3.8, 4) is 11.6 Å². The van der Waals surface area contributed by atoms with Crippen LogP contribution in [0.25, 0.3) is 22.6 Å². The van der Waals surface area contributed by atoms with Crippen LogP contribution in [0, 0.1) is 0 Å². The summed E-state index contributed by atoms with van der Waals surface area (Å²) < 4.78 is 11.1. The molecule has 2 aromatic heterocycles. The van der Waals surface area contributed by atoms with E-state index in [0.29, 0.717) is 17.5 Å². The van der Waals surface area contributed by atoms with E-state index in [1.807, 2.05) is 30.3 Å². The average Bonchev–Trinajstić information content (AvgIpc) is 3.16. The van der Waals surface area contributed by atoms with E-state index in [2.05, 4.69) is 10.1 Å². The van der Waals surface area contributed by atoms with Crippen LogP contribution in [0.5, 0.6) is 0 Å². The number of hydrogen-bond acceptors (Lipinski definition) is 5. The number of hydrogen-bond donors (Lipinski definition) is 1. The maximum Gasteiger partial charge on any atom is 0.238 e. The van der Waals surface area contributed by atoms with E-state index in [4.69, 9.17) is 14.7 Å². The number of rotatable bonds is 2. The van der Waals surface area contributed by atoms with Crippen LogP contribution in [-0.2, 0) is 0 Å². The van der Waals surface area contributed by atoms with Gasteiger partial charge in [-0.15, -0.1) is 0 Å². The smallest absolute Gasteiger partial charge is 0.238 e. The van der Waals surface area contributed by atoms with Crippen molar-refractivity contribution in [1.82, 2.24) is 10.1 Å². The van der Waals surface area contributed by atoms with Gasteiger partial charge in [0, 0.05) is 17.3 Å². The molecule has 3 aromatic rings. The van der Waals surface area contributed by atoms with Crippen molar-refractivity contribution < 1.29 is 8.94 Å². The summed E-state index contributed by atoms with van der Waals surface area (Å²) in [4.78, 5) is 4.47. The summed E-state index contributed by atoms with van der Waals surface area (Å²) >= 11 is 0. The summed E-state index contributed by atoms with van der Waals surface area (Å²) in [5.74, 6) is 2.12. The molecule has 5 heteroatoms. The van der Waals surface area contributed by atoms with Crippen LogP contribution in [0.3, 0.4) is 0 Å². The summed E-state index contributed by atoms with van der Waals surface area (Å²) in [6.07, 6.45) is 2.96. The van der Waals surface area contributed by atoms with Crippen LogP contribution in [0.1, 0.15) is 31.1 Å². The van der Waals surface area contributed by atoms with E-state index in [9.17, 15) is 0 Å². The minimum atomic E-state index is 0.251. The summed E-state index contributed by atoms with van der Waals surface area (Å²) in [5.41, 5.74) is 6.75. The van der Waals surface area contributed by atoms with Crippen LogP contribution in [-0.4, -0.2) is 16.2 Å². The Bertz CT molecular complexity index is 713.